The van der Waals surface area contributed by atoms with Gasteiger partial charge in [-0.3, -0.25) is 4.79 Å². The summed E-state index contributed by atoms with van der Waals surface area (Å²) in [5, 5.41) is 4.75. The maximum atomic E-state index is 11.8. The van der Waals surface area contributed by atoms with E-state index in [0.29, 0.717) is 13.0 Å². The molecule has 0 saturated heterocycles. The predicted octanol–water partition coefficient (Wildman–Crippen LogP) is 0.953. The van der Waals surface area contributed by atoms with Crippen molar-refractivity contribution in [1.82, 2.24) is 10.3 Å². The number of alkyl halides is 3. The van der Waals surface area contributed by atoms with Gasteiger partial charge in [0, 0.05) is 18.3 Å². The number of nitrogens with one attached hydrogen (secondary N) is 1. The highest BCUT2D eigenvalue weighted by molar-refractivity contribution is 7.09. The first-order valence-corrected chi connectivity index (χ1v) is 6.37. The molecule has 0 unspecified atom stereocenters. The maximum Gasteiger partial charge on any atom is 0.411 e. The Morgan fingerprint density at radius 2 is 2.26 bits per heavy atom. The highest BCUT2D eigenvalue weighted by Crippen LogP contribution is 2.14. The first-order valence-electron chi connectivity index (χ1n) is 5.49. The molecule has 1 amide bonds. The average Bonchev–Trinajstić information content (AvgIpc) is 2.76. The van der Waals surface area contributed by atoms with E-state index >= 15 is 0 Å². The fourth-order valence-electron chi connectivity index (χ4n) is 1.17. The Hall–Kier alpha value is -1.19. The zero-order valence-corrected chi connectivity index (χ0v) is 10.8. The van der Waals surface area contributed by atoms with Crippen LogP contribution >= 0.6 is 11.3 Å². The molecule has 1 aromatic heterocycles. The SMILES string of the molecule is NCCc1nc(C(=O)NCCOCC(F)(F)F)cs1. The van der Waals surface area contributed by atoms with Gasteiger partial charge in [0.2, 0.25) is 0 Å². The molecule has 0 aliphatic carbocycles. The Morgan fingerprint density at radius 1 is 1.53 bits per heavy atom. The zero-order chi connectivity index (χ0) is 14.3. The van der Waals surface area contributed by atoms with Crippen LogP contribution in [0.25, 0.3) is 0 Å². The quantitative estimate of drug-likeness (QED) is 0.735. The first-order chi connectivity index (χ1) is 8.92. The van der Waals surface area contributed by atoms with Crippen LogP contribution in [0.5, 0.6) is 0 Å². The summed E-state index contributed by atoms with van der Waals surface area (Å²) in [6.07, 6.45) is -3.76. The zero-order valence-electron chi connectivity index (χ0n) is 10.00. The third kappa shape index (κ3) is 6.50. The summed E-state index contributed by atoms with van der Waals surface area (Å²) in [4.78, 5) is 15.6. The van der Waals surface area contributed by atoms with Crippen molar-refractivity contribution in [3.05, 3.63) is 16.1 Å². The van der Waals surface area contributed by atoms with Crippen molar-refractivity contribution in [2.24, 2.45) is 5.73 Å². The van der Waals surface area contributed by atoms with E-state index in [1.165, 1.54) is 11.3 Å². The molecule has 0 radical (unpaired) electrons. The molecule has 5 nitrogen and oxygen atoms in total. The summed E-state index contributed by atoms with van der Waals surface area (Å²) in [5.74, 6) is -0.435. The predicted molar refractivity (Wildman–Crippen MR) is 64.1 cm³/mol. The van der Waals surface area contributed by atoms with Gasteiger partial charge in [-0.15, -0.1) is 11.3 Å². The van der Waals surface area contributed by atoms with E-state index in [4.69, 9.17) is 5.73 Å². The topological polar surface area (TPSA) is 77.2 Å². The van der Waals surface area contributed by atoms with Gasteiger partial charge in [0.1, 0.15) is 12.3 Å². The fourth-order valence-corrected chi connectivity index (χ4v) is 1.96. The molecule has 0 spiro atoms. The molecule has 0 fully saturated rings. The number of amides is 1. The van der Waals surface area contributed by atoms with E-state index in [-0.39, 0.29) is 18.8 Å². The molecule has 0 saturated carbocycles. The lowest BCUT2D eigenvalue weighted by molar-refractivity contribution is -0.173. The van der Waals surface area contributed by atoms with Gasteiger partial charge in [0.15, 0.2) is 0 Å². The van der Waals surface area contributed by atoms with Gasteiger partial charge >= 0.3 is 6.18 Å². The van der Waals surface area contributed by atoms with Crippen molar-refractivity contribution in [2.75, 3.05) is 26.3 Å². The number of ether oxygens (including phenoxy) is 1. The third-order valence-corrected chi connectivity index (χ3v) is 2.85. The van der Waals surface area contributed by atoms with Crippen LogP contribution in [-0.4, -0.2) is 43.4 Å². The standard InChI is InChI=1S/C10H14F3N3O2S/c11-10(12,13)6-18-4-3-15-9(17)7-5-19-8(16-7)1-2-14/h5H,1-4,6,14H2,(H,15,17). The van der Waals surface area contributed by atoms with Gasteiger partial charge in [-0.05, 0) is 6.54 Å². The van der Waals surface area contributed by atoms with E-state index < -0.39 is 18.7 Å². The lowest BCUT2D eigenvalue weighted by atomic mass is 10.4. The number of nitrogens with two attached hydrogens (primary N) is 1. The molecular weight excluding hydrogens is 283 g/mol. The molecule has 0 bridgehead atoms. The molecule has 3 N–H and O–H groups in total. The minimum absolute atomic E-state index is 0.00133. The van der Waals surface area contributed by atoms with Crippen molar-refractivity contribution in [2.45, 2.75) is 12.6 Å². The number of aromatic nitrogens is 1. The monoisotopic (exact) mass is 297 g/mol. The summed E-state index contributed by atoms with van der Waals surface area (Å²) < 4.78 is 39.6. The number of carbonyl (C=O) groups excluding carboxylic acids is 1. The molecule has 19 heavy (non-hydrogen) atoms. The summed E-state index contributed by atoms with van der Waals surface area (Å²) in [7, 11) is 0. The van der Waals surface area contributed by atoms with E-state index in [0.717, 1.165) is 5.01 Å². The minimum atomic E-state index is -4.35. The minimum Gasteiger partial charge on any atom is -0.370 e. The summed E-state index contributed by atoms with van der Waals surface area (Å²) in [6, 6.07) is 0. The molecular formula is C10H14F3N3O2S. The molecule has 0 aliphatic rings. The summed E-state index contributed by atoms with van der Waals surface area (Å²) in [5.41, 5.74) is 5.59. The Kier molecular flexibility index (Phi) is 6.19. The Labute approximate surface area is 112 Å². The van der Waals surface area contributed by atoms with Gasteiger partial charge < -0.3 is 15.8 Å². The van der Waals surface area contributed by atoms with Crippen LogP contribution in [0, 0.1) is 0 Å². The van der Waals surface area contributed by atoms with Crippen molar-refractivity contribution in [3.63, 3.8) is 0 Å². The molecule has 0 atom stereocenters. The third-order valence-electron chi connectivity index (χ3n) is 1.94. The Morgan fingerprint density at radius 3 is 2.89 bits per heavy atom. The molecule has 0 aliphatic heterocycles. The Bertz CT molecular complexity index is 409. The fraction of sp³-hybridized carbons (Fsp3) is 0.600. The largest absolute Gasteiger partial charge is 0.411 e. The highest BCUT2D eigenvalue weighted by atomic mass is 32.1. The molecule has 1 aromatic rings. The Balaban J connectivity index is 2.23. The second-order valence-electron chi connectivity index (χ2n) is 3.59. The molecule has 1 rings (SSSR count). The van der Waals surface area contributed by atoms with Crippen molar-refractivity contribution in [1.29, 1.82) is 0 Å². The smallest absolute Gasteiger partial charge is 0.370 e. The number of hydrogen-bond acceptors (Lipinski definition) is 5. The van der Waals surface area contributed by atoms with Gasteiger partial charge in [-0.25, -0.2) is 4.98 Å². The average molecular weight is 297 g/mol. The molecule has 108 valence electrons. The van der Waals surface area contributed by atoms with Gasteiger partial charge in [-0.2, -0.15) is 13.2 Å². The number of halogens is 3. The van der Waals surface area contributed by atoms with E-state index in [9.17, 15) is 18.0 Å². The first kappa shape index (κ1) is 15.9. The van der Waals surface area contributed by atoms with E-state index in [1.807, 2.05) is 0 Å². The number of carbonyl (C=O) groups is 1. The second-order valence-corrected chi connectivity index (χ2v) is 4.53. The van der Waals surface area contributed by atoms with Crippen LogP contribution < -0.4 is 11.1 Å². The molecule has 9 heteroatoms. The lowest BCUT2D eigenvalue weighted by Crippen LogP contribution is -2.29. The van der Waals surface area contributed by atoms with E-state index in [1.54, 1.807) is 5.38 Å². The summed E-state index contributed by atoms with van der Waals surface area (Å²) >= 11 is 1.32. The number of thiazole rings is 1. The van der Waals surface area contributed by atoms with Crippen LogP contribution in [0.2, 0.25) is 0 Å². The van der Waals surface area contributed by atoms with Crippen molar-refractivity contribution >= 4 is 17.2 Å². The van der Waals surface area contributed by atoms with Crippen LogP contribution in [0.15, 0.2) is 5.38 Å². The number of nitrogens with zero attached hydrogens (tertiary/aromatic N) is 1. The van der Waals surface area contributed by atoms with Crippen LogP contribution in [-0.2, 0) is 11.2 Å². The van der Waals surface area contributed by atoms with Crippen LogP contribution in [0.1, 0.15) is 15.5 Å². The normalized spacial score (nSPS) is 11.6. The van der Waals surface area contributed by atoms with Crippen LogP contribution in [0.3, 0.4) is 0 Å². The molecule has 0 aromatic carbocycles. The van der Waals surface area contributed by atoms with Gasteiger partial charge in [0.25, 0.3) is 5.91 Å². The van der Waals surface area contributed by atoms with Crippen molar-refractivity contribution in [3.8, 4) is 0 Å². The molecule has 1 heterocycles. The van der Waals surface area contributed by atoms with Gasteiger partial charge in [0.05, 0.1) is 11.6 Å². The summed E-state index contributed by atoms with van der Waals surface area (Å²) in [6.45, 7) is -1.08. The number of rotatable bonds is 7. The highest BCUT2D eigenvalue weighted by Gasteiger charge is 2.27. The van der Waals surface area contributed by atoms with E-state index in [2.05, 4.69) is 15.0 Å². The lowest BCUT2D eigenvalue weighted by Gasteiger charge is -2.07. The van der Waals surface area contributed by atoms with Crippen molar-refractivity contribution < 1.29 is 22.7 Å². The second kappa shape index (κ2) is 7.41. The number of hydrogen-bond donors (Lipinski definition) is 2. The van der Waals surface area contributed by atoms with Crippen LogP contribution in [0.4, 0.5) is 13.2 Å². The maximum absolute atomic E-state index is 11.8. The van der Waals surface area contributed by atoms with Gasteiger partial charge in [-0.1, -0.05) is 0 Å².